The highest BCUT2D eigenvalue weighted by molar-refractivity contribution is 7.99. The van der Waals surface area contributed by atoms with Crippen molar-refractivity contribution in [3.8, 4) is 11.8 Å². The molecule has 1 amide bonds. The molecule has 2 unspecified atom stereocenters. The van der Waals surface area contributed by atoms with E-state index in [1.165, 1.54) is 16.6 Å². The van der Waals surface area contributed by atoms with Crippen LogP contribution in [0.1, 0.15) is 60.2 Å². The number of anilines is 1. The summed E-state index contributed by atoms with van der Waals surface area (Å²) in [5.74, 6) is 2.09. The Hall–Kier alpha value is -3.09. The number of thiophene rings is 1. The fourth-order valence-electron chi connectivity index (χ4n) is 4.46. The first-order chi connectivity index (χ1) is 17.4. The predicted molar refractivity (Wildman–Crippen MR) is 145 cm³/mol. The minimum absolute atomic E-state index is 0.160. The lowest BCUT2D eigenvalue weighted by Gasteiger charge is -2.20. The van der Waals surface area contributed by atoms with Crippen molar-refractivity contribution in [1.29, 1.82) is 5.26 Å². The molecule has 1 aliphatic rings. The van der Waals surface area contributed by atoms with Gasteiger partial charge in [-0.2, -0.15) is 5.26 Å². The summed E-state index contributed by atoms with van der Waals surface area (Å²) in [4.78, 5) is 14.1. The van der Waals surface area contributed by atoms with Gasteiger partial charge in [0.1, 0.15) is 16.8 Å². The molecule has 1 N–H and O–H groups in total. The summed E-state index contributed by atoms with van der Waals surface area (Å²) in [6.07, 6.45) is 5.59. The zero-order chi connectivity index (χ0) is 25.7. The Labute approximate surface area is 220 Å². The number of carbonyl (C=O) groups excluding carboxylic acids is 1. The van der Waals surface area contributed by atoms with Crippen molar-refractivity contribution in [2.24, 2.45) is 5.92 Å². The lowest BCUT2D eigenvalue weighted by Crippen LogP contribution is -2.15. The Morgan fingerprint density at radius 3 is 3.03 bits per heavy atom. The summed E-state index contributed by atoms with van der Waals surface area (Å²) in [7, 11) is 0. The first kappa shape index (κ1) is 26.0. The van der Waals surface area contributed by atoms with E-state index in [0.717, 1.165) is 42.6 Å². The van der Waals surface area contributed by atoms with Crippen LogP contribution in [0, 0.1) is 24.2 Å². The number of ether oxygens (including phenoxy) is 1. The van der Waals surface area contributed by atoms with Gasteiger partial charge in [0.05, 0.1) is 11.3 Å². The number of hydrogen-bond acceptors (Lipinski definition) is 7. The molecular formula is C27H31N5O2S2. The van der Waals surface area contributed by atoms with Gasteiger partial charge < -0.3 is 10.1 Å². The molecule has 2 atom stereocenters. The standard InChI is InChI=1S/C27H31N5O2S2/c1-5-12-32-25(18(4)34-20-9-7-8-17(3)13-20)30-31-27(32)35-16-24(33)29-26-22(15-28)21-11-10-19(6-2)14-23(21)36-26/h5,7-9,13,18-19H,1,6,10-12,14,16H2,2-4H3,(H,29,33). The van der Waals surface area contributed by atoms with Crippen molar-refractivity contribution in [2.45, 2.75) is 64.3 Å². The quantitative estimate of drug-likeness (QED) is 0.256. The van der Waals surface area contributed by atoms with Gasteiger partial charge in [0, 0.05) is 11.4 Å². The highest BCUT2D eigenvalue weighted by atomic mass is 32.2. The van der Waals surface area contributed by atoms with Gasteiger partial charge in [-0.05, 0) is 62.3 Å². The lowest BCUT2D eigenvalue weighted by atomic mass is 9.86. The van der Waals surface area contributed by atoms with E-state index in [9.17, 15) is 10.1 Å². The van der Waals surface area contributed by atoms with E-state index in [-0.39, 0.29) is 17.8 Å². The molecule has 0 saturated heterocycles. The Bertz CT molecular complexity index is 1290. The number of carbonyl (C=O) groups is 1. The number of nitriles is 1. The third-order valence-electron chi connectivity index (χ3n) is 6.36. The topological polar surface area (TPSA) is 92.8 Å². The van der Waals surface area contributed by atoms with Crippen molar-refractivity contribution in [1.82, 2.24) is 14.8 Å². The summed E-state index contributed by atoms with van der Waals surface area (Å²) in [5, 5.41) is 22.7. The Balaban J connectivity index is 1.43. The number of amides is 1. The molecule has 1 aromatic carbocycles. The second kappa shape index (κ2) is 11.8. The van der Waals surface area contributed by atoms with Gasteiger partial charge in [0.15, 0.2) is 17.1 Å². The van der Waals surface area contributed by atoms with E-state index in [4.69, 9.17) is 4.74 Å². The number of aromatic nitrogens is 3. The summed E-state index contributed by atoms with van der Waals surface area (Å²) >= 11 is 2.86. The zero-order valence-corrected chi connectivity index (χ0v) is 22.5. The summed E-state index contributed by atoms with van der Waals surface area (Å²) in [5.41, 5.74) is 2.86. The van der Waals surface area contributed by atoms with Crippen LogP contribution < -0.4 is 10.1 Å². The smallest absolute Gasteiger partial charge is 0.235 e. The Morgan fingerprint density at radius 1 is 1.47 bits per heavy atom. The second-order valence-corrected chi connectivity index (χ2v) is 11.0. The molecule has 7 nitrogen and oxygen atoms in total. The maximum absolute atomic E-state index is 12.8. The van der Waals surface area contributed by atoms with Gasteiger partial charge in [0.25, 0.3) is 0 Å². The van der Waals surface area contributed by atoms with Gasteiger partial charge in [-0.1, -0.05) is 43.3 Å². The van der Waals surface area contributed by atoms with Crippen LogP contribution >= 0.6 is 23.1 Å². The van der Waals surface area contributed by atoms with E-state index in [0.29, 0.717) is 34.0 Å². The van der Waals surface area contributed by atoms with Crippen LogP contribution in [-0.2, 0) is 24.2 Å². The summed E-state index contributed by atoms with van der Waals surface area (Å²) < 4.78 is 8.01. The van der Waals surface area contributed by atoms with E-state index in [1.807, 2.05) is 42.7 Å². The third kappa shape index (κ3) is 5.82. The first-order valence-corrected chi connectivity index (χ1v) is 14.0. The molecule has 0 saturated carbocycles. The predicted octanol–water partition coefficient (Wildman–Crippen LogP) is 6.09. The number of thioether (sulfide) groups is 1. The van der Waals surface area contributed by atoms with Gasteiger partial charge in [0.2, 0.25) is 5.91 Å². The molecule has 188 valence electrons. The zero-order valence-electron chi connectivity index (χ0n) is 20.9. The molecule has 1 aliphatic carbocycles. The number of benzene rings is 1. The lowest BCUT2D eigenvalue weighted by molar-refractivity contribution is -0.113. The number of aryl methyl sites for hydroxylation is 1. The minimum Gasteiger partial charge on any atom is -0.483 e. The van der Waals surface area contributed by atoms with Gasteiger partial charge in [-0.15, -0.1) is 28.1 Å². The van der Waals surface area contributed by atoms with Gasteiger partial charge >= 0.3 is 0 Å². The molecule has 0 radical (unpaired) electrons. The normalized spacial score (nSPS) is 15.6. The highest BCUT2D eigenvalue weighted by Crippen LogP contribution is 2.40. The maximum atomic E-state index is 12.8. The fraction of sp³-hybridized carbons (Fsp3) is 0.407. The molecule has 0 aliphatic heterocycles. The molecule has 0 fully saturated rings. The van der Waals surface area contributed by atoms with E-state index >= 15 is 0 Å². The van der Waals surface area contributed by atoms with Crippen molar-refractivity contribution in [3.63, 3.8) is 0 Å². The molecule has 0 spiro atoms. The van der Waals surface area contributed by atoms with Crippen LogP contribution in [0.5, 0.6) is 5.75 Å². The number of nitrogens with one attached hydrogen (secondary N) is 1. The second-order valence-electron chi connectivity index (χ2n) is 8.99. The molecule has 2 heterocycles. The number of fused-ring (bicyclic) bond motifs is 1. The SMILES string of the molecule is C=CCn1c(SCC(=O)Nc2sc3c(c2C#N)CCC(CC)C3)nnc1C(C)Oc1cccc(C)c1. The third-order valence-corrected chi connectivity index (χ3v) is 8.50. The number of rotatable bonds is 10. The Kier molecular flexibility index (Phi) is 8.49. The Morgan fingerprint density at radius 2 is 2.31 bits per heavy atom. The van der Waals surface area contributed by atoms with Crippen LogP contribution in [-0.4, -0.2) is 26.4 Å². The van der Waals surface area contributed by atoms with E-state index in [1.54, 1.807) is 17.4 Å². The highest BCUT2D eigenvalue weighted by Gasteiger charge is 2.26. The van der Waals surface area contributed by atoms with E-state index < -0.39 is 0 Å². The largest absolute Gasteiger partial charge is 0.483 e. The van der Waals surface area contributed by atoms with Crippen molar-refractivity contribution in [3.05, 3.63) is 64.3 Å². The fourth-order valence-corrected chi connectivity index (χ4v) is 6.54. The molecule has 0 bridgehead atoms. The monoisotopic (exact) mass is 521 g/mol. The molecule has 4 rings (SSSR count). The van der Waals surface area contributed by atoms with Crippen molar-refractivity contribution >= 4 is 34.0 Å². The average Bonchev–Trinajstić information content (AvgIpc) is 3.42. The number of hydrogen-bond donors (Lipinski definition) is 1. The number of allylic oxidation sites excluding steroid dienone is 1. The maximum Gasteiger partial charge on any atom is 0.235 e. The van der Waals surface area contributed by atoms with Crippen LogP contribution in [0.4, 0.5) is 5.00 Å². The van der Waals surface area contributed by atoms with E-state index in [2.05, 4.69) is 35.1 Å². The molecule has 9 heteroatoms. The van der Waals surface area contributed by atoms with Crippen LogP contribution in [0.2, 0.25) is 0 Å². The van der Waals surface area contributed by atoms with Crippen LogP contribution in [0.3, 0.4) is 0 Å². The molecular weight excluding hydrogens is 490 g/mol. The summed E-state index contributed by atoms with van der Waals surface area (Å²) in [6, 6.07) is 10.2. The van der Waals surface area contributed by atoms with Crippen LogP contribution in [0.15, 0.2) is 42.1 Å². The van der Waals surface area contributed by atoms with Crippen molar-refractivity contribution < 1.29 is 9.53 Å². The minimum atomic E-state index is -0.329. The van der Waals surface area contributed by atoms with Gasteiger partial charge in [-0.3, -0.25) is 9.36 Å². The molecule has 2 aromatic heterocycles. The first-order valence-electron chi connectivity index (χ1n) is 12.2. The summed E-state index contributed by atoms with van der Waals surface area (Å²) in [6.45, 7) is 10.5. The van der Waals surface area contributed by atoms with Crippen molar-refractivity contribution in [2.75, 3.05) is 11.1 Å². The van der Waals surface area contributed by atoms with Crippen LogP contribution in [0.25, 0.3) is 0 Å². The average molecular weight is 522 g/mol. The number of nitrogens with zero attached hydrogens (tertiary/aromatic N) is 4. The molecule has 3 aromatic rings. The molecule has 36 heavy (non-hydrogen) atoms. The van der Waals surface area contributed by atoms with Gasteiger partial charge in [-0.25, -0.2) is 0 Å².